The minimum atomic E-state index is -0.198. The molecule has 158 valence electrons. The lowest BCUT2D eigenvalue weighted by atomic mass is 10.0. The molecule has 1 aliphatic rings. The van der Waals surface area contributed by atoms with Gasteiger partial charge in [-0.2, -0.15) is 0 Å². The van der Waals surface area contributed by atoms with Crippen LogP contribution < -0.4 is 0 Å². The quantitative estimate of drug-likeness (QED) is 0.552. The third kappa shape index (κ3) is 5.01. The van der Waals surface area contributed by atoms with Crippen LogP contribution in [0.4, 0.5) is 0 Å². The Morgan fingerprint density at radius 3 is 2.79 bits per heavy atom. The predicted molar refractivity (Wildman–Crippen MR) is 117 cm³/mol. The van der Waals surface area contributed by atoms with E-state index in [1.54, 1.807) is 0 Å². The van der Waals surface area contributed by atoms with E-state index in [-0.39, 0.29) is 12.0 Å². The number of benzene rings is 1. The first-order valence-corrected chi connectivity index (χ1v) is 11.2. The summed E-state index contributed by atoms with van der Waals surface area (Å²) < 4.78 is 7.58. The van der Waals surface area contributed by atoms with E-state index in [0.717, 1.165) is 62.3 Å². The van der Waals surface area contributed by atoms with Crippen LogP contribution in [0.15, 0.2) is 24.3 Å². The van der Waals surface area contributed by atoms with Crippen LogP contribution in [0.3, 0.4) is 0 Å². The topological polar surface area (TPSA) is 47.4 Å². The highest BCUT2D eigenvalue weighted by Crippen LogP contribution is 2.31. The van der Waals surface area contributed by atoms with Crippen LogP contribution in [0.5, 0.6) is 0 Å². The van der Waals surface area contributed by atoms with Crippen LogP contribution >= 0.6 is 11.6 Å². The van der Waals surface area contributed by atoms with E-state index in [1.165, 1.54) is 5.56 Å². The van der Waals surface area contributed by atoms with Gasteiger partial charge in [0.05, 0.1) is 12.3 Å². The molecule has 2 heterocycles. The maximum Gasteiger partial charge on any atom is 0.323 e. The fourth-order valence-electron chi connectivity index (χ4n) is 4.07. The largest absolute Gasteiger partial charge is 0.465 e. The van der Waals surface area contributed by atoms with Crippen molar-refractivity contribution in [2.45, 2.75) is 72.0 Å². The zero-order valence-corrected chi connectivity index (χ0v) is 18.5. The SMILES string of the molecule is CCCCn1c(-c2ccccc2C)nc(Cl)c1CN1CCCCC1C(=O)OCC. The third-order valence-corrected chi connectivity index (χ3v) is 5.97. The predicted octanol–water partition coefficient (Wildman–Crippen LogP) is 5.23. The van der Waals surface area contributed by atoms with Gasteiger partial charge >= 0.3 is 5.97 Å². The zero-order chi connectivity index (χ0) is 20.8. The van der Waals surface area contributed by atoms with Gasteiger partial charge in [0.2, 0.25) is 0 Å². The van der Waals surface area contributed by atoms with Crippen molar-refractivity contribution in [3.05, 3.63) is 40.7 Å². The lowest BCUT2D eigenvalue weighted by Gasteiger charge is -2.34. The first-order valence-electron chi connectivity index (χ1n) is 10.8. The number of carbonyl (C=O) groups is 1. The van der Waals surface area contributed by atoms with E-state index < -0.39 is 0 Å². The highest BCUT2D eigenvalue weighted by atomic mass is 35.5. The van der Waals surface area contributed by atoms with E-state index in [2.05, 4.69) is 35.4 Å². The van der Waals surface area contributed by atoms with Gasteiger partial charge in [0, 0.05) is 18.7 Å². The van der Waals surface area contributed by atoms with Crippen LogP contribution in [0.25, 0.3) is 11.4 Å². The molecule has 1 unspecified atom stereocenters. The molecule has 5 nitrogen and oxygen atoms in total. The number of aryl methyl sites for hydroxylation is 1. The molecule has 2 aromatic rings. The number of rotatable bonds is 8. The molecule has 0 aliphatic carbocycles. The van der Waals surface area contributed by atoms with Gasteiger partial charge < -0.3 is 9.30 Å². The number of ether oxygens (including phenoxy) is 1. The molecule has 0 amide bonds. The average Bonchev–Trinajstić information content (AvgIpc) is 3.02. The Hall–Kier alpha value is -1.85. The minimum Gasteiger partial charge on any atom is -0.465 e. The van der Waals surface area contributed by atoms with Crippen LogP contribution in [0.2, 0.25) is 5.15 Å². The normalized spacial score (nSPS) is 17.4. The number of likely N-dealkylation sites (tertiary alicyclic amines) is 1. The molecule has 6 heteroatoms. The van der Waals surface area contributed by atoms with Gasteiger partial charge in [0.15, 0.2) is 5.15 Å². The first kappa shape index (κ1) is 21.8. The molecule has 0 spiro atoms. The van der Waals surface area contributed by atoms with Crippen LogP contribution in [0, 0.1) is 6.92 Å². The van der Waals surface area contributed by atoms with Crippen molar-refractivity contribution < 1.29 is 9.53 Å². The number of hydrogen-bond acceptors (Lipinski definition) is 4. The number of piperidine rings is 1. The van der Waals surface area contributed by atoms with Gasteiger partial charge in [-0.05, 0) is 45.2 Å². The fraction of sp³-hybridized carbons (Fsp3) is 0.565. The Morgan fingerprint density at radius 2 is 2.07 bits per heavy atom. The summed E-state index contributed by atoms with van der Waals surface area (Å²) in [5, 5.41) is 0.535. The van der Waals surface area contributed by atoms with E-state index in [0.29, 0.717) is 18.3 Å². The number of esters is 1. The molecule has 0 bridgehead atoms. The van der Waals surface area contributed by atoms with Gasteiger partial charge in [0.1, 0.15) is 11.9 Å². The van der Waals surface area contributed by atoms with Crippen molar-refractivity contribution in [3.8, 4) is 11.4 Å². The van der Waals surface area contributed by atoms with Crippen molar-refractivity contribution in [1.29, 1.82) is 0 Å². The molecule has 1 aliphatic heterocycles. The Morgan fingerprint density at radius 1 is 1.28 bits per heavy atom. The number of imidazole rings is 1. The van der Waals surface area contributed by atoms with E-state index in [9.17, 15) is 4.79 Å². The molecule has 1 atom stereocenters. The smallest absolute Gasteiger partial charge is 0.323 e. The molecule has 3 rings (SSSR count). The fourth-order valence-corrected chi connectivity index (χ4v) is 4.31. The van der Waals surface area contributed by atoms with Crippen molar-refractivity contribution in [2.24, 2.45) is 0 Å². The van der Waals surface area contributed by atoms with Gasteiger partial charge in [-0.1, -0.05) is 55.6 Å². The second-order valence-corrected chi connectivity index (χ2v) is 8.09. The molecular weight excluding hydrogens is 386 g/mol. The Balaban J connectivity index is 1.95. The molecular formula is C23H32ClN3O2. The second kappa shape index (κ2) is 10.3. The second-order valence-electron chi connectivity index (χ2n) is 7.73. The minimum absolute atomic E-state index is 0.123. The summed E-state index contributed by atoms with van der Waals surface area (Å²) >= 11 is 6.66. The summed E-state index contributed by atoms with van der Waals surface area (Å²) in [7, 11) is 0. The van der Waals surface area contributed by atoms with Gasteiger partial charge in [-0.3, -0.25) is 9.69 Å². The van der Waals surface area contributed by atoms with Crippen molar-refractivity contribution in [1.82, 2.24) is 14.5 Å². The Labute approximate surface area is 179 Å². The summed E-state index contributed by atoms with van der Waals surface area (Å²) in [6.07, 6.45) is 5.13. The average molecular weight is 418 g/mol. The van der Waals surface area contributed by atoms with Crippen LogP contribution in [0.1, 0.15) is 57.2 Å². The molecule has 1 fully saturated rings. The summed E-state index contributed by atoms with van der Waals surface area (Å²) in [6, 6.07) is 8.08. The molecule has 0 radical (unpaired) electrons. The monoisotopic (exact) mass is 417 g/mol. The van der Waals surface area contributed by atoms with Crippen LogP contribution in [-0.4, -0.2) is 39.6 Å². The molecule has 1 aromatic heterocycles. The summed E-state index contributed by atoms with van der Waals surface area (Å²) in [5.74, 6) is 0.795. The molecule has 0 N–H and O–H groups in total. The number of halogens is 1. The van der Waals surface area contributed by atoms with Gasteiger partial charge in [-0.15, -0.1) is 0 Å². The number of unbranched alkanes of at least 4 members (excludes halogenated alkanes) is 1. The Bertz CT molecular complexity index is 834. The third-order valence-electron chi connectivity index (χ3n) is 5.67. The standard InChI is InChI=1S/C23H32ClN3O2/c1-4-6-15-27-20(16-26-14-10-9-13-19(26)23(28)29-5-2)21(24)25-22(27)18-12-8-7-11-17(18)3/h7-8,11-12,19H,4-6,9-10,13-16H2,1-3H3. The summed E-state index contributed by atoms with van der Waals surface area (Å²) in [6.45, 7) is 8.92. The maximum atomic E-state index is 12.5. The number of aromatic nitrogens is 2. The highest BCUT2D eigenvalue weighted by molar-refractivity contribution is 6.30. The Kier molecular flexibility index (Phi) is 7.73. The molecule has 1 saturated heterocycles. The van der Waals surface area contributed by atoms with Gasteiger partial charge in [0.25, 0.3) is 0 Å². The van der Waals surface area contributed by atoms with E-state index in [1.807, 2.05) is 19.1 Å². The van der Waals surface area contributed by atoms with Crippen molar-refractivity contribution in [3.63, 3.8) is 0 Å². The van der Waals surface area contributed by atoms with Crippen LogP contribution in [-0.2, 0) is 22.6 Å². The number of hydrogen-bond donors (Lipinski definition) is 0. The van der Waals surface area contributed by atoms with Crippen molar-refractivity contribution >= 4 is 17.6 Å². The highest BCUT2D eigenvalue weighted by Gasteiger charge is 2.31. The van der Waals surface area contributed by atoms with Gasteiger partial charge in [-0.25, -0.2) is 4.98 Å². The first-order chi connectivity index (χ1) is 14.1. The molecule has 29 heavy (non-hydrogen) atoms. The molecule has 0 saturated carbocycles. The van der Waals surface area contributed by atoms with E-state index in [4.69, 9.17) is 21.3 Å². The zero-order valence-electron chi connectivity index (χ0n) is 17.8. The summed E-state index contributed by atoms with van der Waals surface area (Å²) in [4.78, 5) is 19.5. The maximum absolute atomic E-state index is 12.5. The summed E-state index contributed by atoms with van der Waals surface area (Å²) in [5.41, 5.74) is 3.28. The lowest BCUT2D eigenvalue weighted by Crippen LogP contribution is -2.45. The number of nitrogens with zero attached hydrogens (tertiary/aromatic N) is 3. The van der Waals surface area contributed by atoms with Crippen molar-refractivity contribution in [2.75, 3.05) is 13.2 Å². The molecule has 1 aromatic carbocycles. The van der Waals surface area contributed by atoms with E-state index >= 15 is 0 Å². The lowest BCUT2D eigenvalue weighted by molar-refractivity contribution is -0.151. The number of carbonyl (C=O) groups excluding carboxylic acids is 1.